The van der Waals surface area contributed by atoms with E-state index in [1.54, 1.807) is 17.5 Å². The number of benzene rings is 1. The zero-order chi connectivity index (χ0) is 23.6. The van der Waals surface area contributed by atoms with Gasteiger partial charge in [0, 0.05) is 49.2 Å². The molecule has 0 bridgehead atoms. The molecule has 0 spiro atoms. The third kappa shape index (κ3) is 4.96. The van der Waals surface area contributed by atoms with E-state index < -0.39 is 0 Å². The fourth-order valence-electron chi connectivity index (χ4n) is 5.16. The molecular formula is C28H31N5OS. The molecular weight excluding hydrogens is 454 g/mol. The maximum atomic E-state index is 6.22. The molecule has 2 atom stereocenters. The second-order valence-electron chi connectivity index (χ2n) is 9.74. The van der Waals surface area contributed by atoms with Crippen molar-refractivity contribution < 1.29 is 4.74 Å². The quantitative estimate of drug-likeness (QED) is 0.313. The number of anilines is 2. The molecule has 0 amide bonds. The van der Waals surface area contributed by atoms with E-state index in [9.17, 15) is 0 Å². The van der Waals surface area contributed by atoms with E-state index in [0.29, 0.717) is 12.0 Å². The molecule has 1 saturated carbocycles. The molecule has 6 rings (SSSR count). The molecule has 3 aromatic heterocycles. The lowest BCUT2D eigenvalue weighted by atomic mass is 9.86. The number of fused-ring (bicyclic) bond motifs is 1. The Hall–Kier alpha value is -3.19. The number of rotatable bonds is 6. The van der Waals surface area contributed by atoms with Gasteiger partial charge in [0.05, 0.1) is 15.9 Å². The van der Waals surface area contributed by atoms with E-state index in [0.717, 1.165) is 57.0 Å². The first-order valence-corrected chi connectivity index (χ1v) is 13.6. The zero-order valence-corrected chi connectivity index (χ0v) is 20.9. The van der Waals surface area contributed by atoms with Crippen LogP contribution in [0.2, 0.25) is 0 Å². The van der Waals surface area contributed by atoms with Gasteiger partial charge in [0.15, 0.2) is 5.13 Å². The molecule has 35 heavy (non-hydrogen) atoms. The third-order valence-corrected chi connectivity index (χ3v) is 8.17. The average Bonchev–Trinajstić information content (AvgIpc) is 3.56. The number of hydrogen-bond donors (Lipinski definition) is 1. The second-order valence-corrected chi connectivity index (χ2v) is 10.8. The van der Waals surface area contributed by atoms with Gasteiger partial charge in [0.25, 0.3) is 0 Å². The fourth-order valence-corrected chi connectivity index (χ4v) is 6.11. The molecule has 7 heteroatoms. The number of nitrogens with one attached hydrogen (secondary N) is 1. The van der Waals surface area contributed by atoms with E-state index in [4.69, 9.17) is 9.72 Å². The minimum absolute atomic E-state index is 0.522. The van der Waals surface area contributed by atoms with Crippen LogP contribution in [-0.4, -0.2) is 34.1 Å². The Labute approximate surface area is 210 Å². The number of aromatic nitrogens is 3. The van der Waals surface area contributed by atoms with Gasteiger partial charge >= 0.3 is 0 Å². The Morgan fingerprint density at radius 2 is 1.80 bits per heavy atom. The standard InChI is InChI=1S/C28H31N5OS/c1-19-6-2-3-7-23(19)31-28-32-24-10-9-21(17-26(24)35-28)34-22-12-13-29-25(16-22)20-8-11-27(30-18-20)33-14-4-5-15-33/h8-13,16-19,23H,2-7,14-15H2,1H3,(H,31,32)/t19-,23-/m1/s1. The molecule has 2 fully saturated rings. The van der Waals surface area contributed by atoms with E-state index in [1.165, 1.54) is 38.5 Å². The van der Waals surface area contributed by atoms with Gasteiger partial charge in [-0.3, -0.25) is 4.98 Å². The summed E-state index contributed by atoms with van der Waals surface area (Å²) in [6.07, 6.45) is 11.4. The van der Waals surface area contributed by atoms with Crippen LogP contribution in [0.4, 0.5) is 10.9 Å². The van der Waals surface area contributed by atoms with Gasteiger partial charge in [-0.05, 0) is 61.9 Å². The van der Waals surface area contributed by atoms with Crippen molar-refractivity contribution in [2.45, 2.75) is 51.5 Å². The molecule has 1 N–H and O–H groups in total. The van der Waals surface area contributed by atoms with Crippen molar-refractivity contribution in [3.8, 4) is 22.8 Å². The topological polar surface area (TPSA) is 63.2 Å². The second kappa shape index (κ2) is 9.82. The molecule has 0 radical (unpaired) electrons. The summed E-state index contributed by atoms with van der Waals surface area (Å²) in [5.41, 5.74) is 2.85. The highest BCUT2D eigenvalue weighted by Gasteiger charge is 2.22. The van der Waals surface area contributed by atoms with Crippen molar-refractivity contribution in [1.82, 2.24) is 15.0 Å². The van der Waals surface area contributed by atoms with Gasteiger partial charge < -0.3 is 15.0 Å². The van der Waals surface area contributed by atoms with Crippen LogP contribution in [0.15, 0.2) is 54.9 Å². The van der Waals surface area contributed by atoms with Crippen LogP contribution in [0.3, 0.4) is 0 Å². The van der Waals surface area contributed by atoms with Crippen molar-refractivity contribution in [3.05, 3.63) is 54.9 Å². The summed E-state index contributed by atoms with van der Waals surface area (Å²) in [5, 5.41) is 4.69. The van der Waals surface area contributed by atoms with Crippen LogP contribution in [0.1, 0.15) is 45.4 Å². The normalized spacial score (nSPS) is 20.3. The van der Waals surface area contributed by atoms with Crippen molar-refractivity contribution >= 4 is 32.5 Å². The summed E-state index contributed by atoms with van der Waals surface area (Å²) in [5.74, 6) is 3.31. The average molecular weight is 486 g/mol. The van der Waals surface area contributed by atoms with Crippen molar-refractivity contribution in [3.63, 3.8) is 0 Å². The Balaban J connectivity index is 1.16. The minimum Gasteiger partial charge on any atom is -0.457 e. The van der Waals surface area contributed by atoms with Crippen LogP contribution in [0.25, 0.3) is 21.5 Å². The van der Waals surface area contributed by atoms with Crippen LogP contribution >= 0.6 is 11.3 Å². The molecule has 1 saturated heterocycles. The minimum atomic E-state index is 0.522. The van der Waals surface area contributed by atoms with Crippen molar-refractivity contribution in [2.75, 3.05) is 23.3 Å². The summed E-state index contributed by atoms with van der Waals surface area (Å²) in [6.45, 7) is 4.53. The van der Waals surface area contributed by atoms with Crippen molar-refractivity contribution in [1.29, 1.82) is 0 Å². The highest BCUT2D eigenvalue weighted by atomic mass is 32.1. The number of nitrogens with zero attached hydrogens (tertiary/aromatic N) is 4. The maximum Gasteiger partial charge on any atom is 0.184 e. The Morgan fingerprint density at radius 1 is 0.943 bits per heavy atom. The third-order valence-electron chi connectivity index (χ3n) is 7.22. The van der Waals surface area contributed by atoms with Gasteiger partial charge in [-0.2, -0.15) is 0 Å². The van der Waals surface area contributed by atoms with Gasteiger partial charge in [-0.25, -0.2) is 9.97 Å². The predicted molar refractivity (Wildman–Crippen MR) is 144 cm³/mol. The van der Waals surface area contributed by atoms with Crippen molar-refractivity contribution in [2.24, 2.45) is 5.92 Å². The molecule has 180 valence electrons. The van der Waals surface area contributed by atoms with Crippen LogP contribution in [0, 0.1) is 5.92 Å². The zero-order valence-electron chi connectivity index (χ0n) is 20.1. The van der Waals surface area contributed by atoms with Crippen LogP contribution < -0.4 is 15.0 Å². The molecule has 1 aromatic carbocycles. The molecule has 1 aliphatic heterocycles. The first kappa shape index (κ1) is 22.3. The van der Waals surface area contributed by atoms with Gasteiger partial charge in [0.2, 0.25) is 0 Å². The monoisotopic (exact) mass is 485 g/mol. The Kier molecular flexibility index (Phi) is 6.25. The highest BCUT2D eigenvalue weighted by molar-refractivity contribution is 7.22. The van der Waals surface area contributed by atoms with Gasteiger partial charge in [-0.15, -0.1) is 0 Å². The van der Waals surface area contributed by atoms with Crippen LogP contribution in [0.5, 0.6) is 11.5 Å². The molecule has 2 aliphatic rings. The number of pyridine rings is 2. The Bertz CT molecular complexity index is 1300. The number of hydrogen-bond acceptors (Lipinski definition) is 7. The lowest BCUT2D eigenvalue weighted by Crippen LogP contribution is -2.30. The maximum absolute atomic E-state index is 6.22. The first-order valence-electron chi connectivity index (χ1n) is 12.7. The smallest absolute Gasteiger partial charge is 0.184 e. The summed E-state index contributed by atoms with van der Waals surface area (Å²) in [6, 6.07) is 14.7. The fraction of sp³-hybridized carbons (Fsp3) is 0.393. The molecule has 0 unspecified atom stereocenters. The molecule has 4 heterocycles. The molecule has 1 aliphatic carbocycles. The summed E-state index contributed by atoms with van der Waals surface area (Å²) in [7, 11) is 0. The van der Waals surface area contributed by atoms with Gasteiger partial charge in [-0.1, -0.05) is 31.1 Å². The largest absolute Gasteiger partial charge is 0.457 e. The van der Waals surface area contributed by atoms with Gasteiger partial charge in [0.1, 0.15) is 17.3 Å². The summed E-state index contributed by atoms with van der Waals surface area (Å²) in [4.78, 5) is 16.4. The predicted octanol–water partition coefficient (Wildman–Crippen LogP) is 7.14. The highest BCUT2D eigenvalue weighted by Crippen LogP contribution is 2.34. The SMILES string of the molecule is C[C@@H]1CCCC[C@H]1Nc1nc2ccc(Oc3ccnc(-c4ccc(N5CCCC5)nc4)c3)cc2s1. The number of thiazole rings is 1. The summed E-state index contributed by atoms with van der Waals surface area (Å²) >= 11 is 1.70. The summed E-state index contributed by atoms with van der Waals surface area (Å²) < 4.78 is 7.35. The Morgan fingerprint density at radius 3 is 2.63 bits per heavy atom. The van der Waals surface area contributed by atoms with Crippen LogP contribution in [-0.2, 0) is 0 Å². The first-order chi connectivity index (χ1) is 17.2. The lowest BCUT2D eigenvalue weighted by molar-refractivity contribution is 0.349. The van der Waals surface area contributed by atoms with E-state index >= 15 is 0 Å². The van der Waals surface area contributed by atoms with E-state index in [2.05, 4.69) is 45.3 Å². The molecule has 4 aromatic rings. The number of ether oxygens (including phenoxy) is 1. The molecule has 6 nitrogen and oxygen atoms in total. The van der Waals surface area contributed by atoms with E-state index in [-0.39, 0.29) is 0 Å². The van der Waals surface area contributed by atoms with E-state index in [1.807, 2.05) is 30.5 Å². The lowest BCUT2D eigenvalue weighted by Gasteiger charge is -2.29.